The van der Waals surface area contributed by atoms with Gasteiger partial charge < -0.3 is 15.2 Å². The van der Waals surface area contributed by atoms with Crippen LogP contribution >= 0.6 is 0 Å². The van der Waals surface area contributed by atoms with Crippen LogP contribution in [0.2, 0.25) is 0 Å². The third-order valence-electron chi connectivity index (χ3n) is 6.31. The Hall–Kier alpha value is -3.34. The van der Waals surface area contributed by atoms with E-state index in [2.05, 4.69) is 54.5 Å². The summed E-state index contributed by atoms with van der Waals surface area (Å²) in [5.74, 6) is 1.01. The second-order valence-corrected chi connectivity index (χ2v) is 8.84. The fraction of sp³-hybridized carbons (Fsp3) is 0.357. The van der Waals surface area contributed by atoms with E-state index in [4.69, 9.17) is 4.74 Å². The molecule has 0 saturated heterocycles. The predicted octanol–water partition coefficient (Wildman–Crippen LogP) is 5.54. The minimum atomic E-state index is -0.747. The van der Waals surface area contributed by atoms with E-state index in [1.807, 2.05) is 24.4 Å². The Kier molecular flexibility index (Phi) is 7.28. The van der Waals surface area contributed by atoms with Gasteiger partial charge in [0.2, 0.25) is 0 Å². The molecule has 0 amide bonds. The highest BCUT2D eigenvalue weighted by Crippen LogP contribution is 2.36. The minimum absolute atomic E-state index is 0.00210. The molecule has 0 saturated carbocycles. The molecule has 5 heteroatoms. The third-order valence-corrected chi connectivity index (χ3v) is 6.31. The van der Waals surface area contributed by atoms with Gasteiger partial charge in [0.05, 0.1) is 13.0 Å². The lowest BCUT2D eigenvalue weighted by Gasteiger charge is -2.17. The fourth-order valence-corrected chi connectivity index (χ4v) is 4.57. The number of anilines is 1. The summed E-state index contributed by atoms with van der Waals surface area (Å²) in [6.45, 7) is 5.62. The Labute approximate surface area is 195 Å². The molecule has 1 atom stereocenters. The smallest absolute Gasteiger partial charge is 0.303 e. The van der Waals surface area contributed by atoms with Crippen molar-refractivity contribution in [3.8, 4) is 5.75 Å². The number of carbonyl (C=O) groups is 1. The van der Waals surface area contributed by atoms with Crippen LogP contribution in [0.25, 0.3) is 0 Å². The molecule has 0 radical (unpaired) electrons. The molecular weight excluding hydrogens is 412 g/mol. The Morgan fingerprint density at radius 3 is 2.79 bits per heavy atom. The van der Waals surface area contributed by atoms with Gasteiger partial charge >= 0.3 is 5.97 Å². The highest BCUT2D eigenvalue weighted by molar-refractivity contribution is 5.68. The number of aryl methyl sites for hydroxylation is 2. The molecule has 1 unspecified atom stereocenters. The number of carboxylic acid groups (broad SMARTS) is 1. The van der Waals surface area contributed by atoms with Gasteiger partial charge in [0.25, 0.3) is 0 Å². The maximum Gasteiger partial charge on any atom is 0.303 e. The summed E-state index contributed by atoms with van der Waals surface area (Å²) in [4.78, 5) is 15.8. The number of aromatic nitrogens is 1. The van der Waals surface area contributed by atoms with Crippen LogP contribution in [-0.2, 0) is 24.1 Å². The zero-order chi connectivity index (χ0) is 23.2. The lowest BCUT2D eigenvalue weighted by molar-refractivity contribution is -0.137. The van der Waals surface area contributed by atoms with Crippen LogP contribution in [0, 0.1) is 6.92 Å². The summed E-state index contributed by atoms with van der Waals surface area (Å²) in [6, 6.07) is 16.8. The molecule has 3 aromatic rings. The first-order valence-corrected chi connectivity index (χ1v) is 11.8. The van der Waals surface area contributed by atoms with Crippen LogP contribution < -0.4 is 10.1 Å². The summed E-state index contributed by atoms with van der Waals surface area (Å²) in [5.41, 5.74) is 7.34. The Morgan fingerprint density at radius 1 is 1.12 bits per heavy atom. The van der Waals surface area contributed by atoms with Gasteiger partial charge in [-0.1, -0.05) is 31.2 Å². The van der Waals surface area contributed by atoms with E-state index in [1.165, 1.54) is 33.4 Å². The normalized spacial score (nSPS) is 14.7. The number of carboxylic acids is 1. The maximum absolute atomic E-state index is 11.5. The first-order valence-electron chi connectivity index (χ1n) is 11.8. The van der Waals surface area contributed by atoms with Gasteiger partial charge in [0.1, 0.15) is 11.6 Å². The number of ether oxygens (including phenoxy) is 1. The maximum atomic E-state index is 11.5. The van der Waals surface area contributed by atoms with E-state index in [9.17, 15) is 9.90 Å². The molecule has 0 spiro atoms. The molecule has 0 fully saturated rings. The van der Waals surface area contributed by atoms with Crippen LogP contribution in [0.4, 0.5) is 5.82 Å². The summed E-state index contributed by atoms with van der Waals surface area (Å²) in [7, 11) is 0. The number of pyridine rings is 1. The van der Waals surface area contributed by atoms with Crippen LogP contribution in [0.15, 0.2) is 54.7 Å². The molecule has 1 aliphatic carbocycles. The van der Waals surface area contributed by atoms with Crippen molar-refractivity contribution in [2.24, 2.45) is 0 Å². The standard InChI is InChI=1S/C28H32N2O3/c1-3-20-5-8-26-23(14-20)16-22-17-25(7-6-21(22)15-24(26)18-28(31)32)33-12-4-10-29-27-13-19(2)9-11-30-27/h5-9,11,13-14,17,24H,3-4,10,12,15-16,18H2,1-2H3,(H,29,30)(H,31,32). The Balaban J connectivity index is 1.43. The molecule has 1 aromatic heterocycles. The lowest BCUT2D eigenvalue weighted by atomic mass is 9.88. The molecule has 1 heterocycles. The largest absolute Gasteiger partial charge is 0.494 e. The van der Waals surface area contributed by atoms with Gasteiger partial charge in [-0.25, -0.2) is 4.98 Å². The molecule has 0 aliphatic heterocycles. The van der Waals surface area contributed by atoms with E-state index >= 15 is 0 Å². The molecule has 1 aliphatic rings. The van der Waals surface area contributed by atoms with Crippen molar-refractivity contribution in [3.05, 3.63) is 88.1 Å². The number of hydrogen-bond donors (Lipinski definition) is 2. The quantitative estimate of drug-likeness (QED) is 0.424. The van der Waals surface area contributed by atoms with E-state index in [1.54, 1.807) is 0 Å². The SMILES string of the molecule is CCc1ccc2c(c1)Cc1cc(OCCCNc3cc(C)ccn3)ccc1CC2CC(=O)O. The van der Waals surface area contributed by atoms with Crippen molar-refractivity contribution in [2.45, 2.75) is 51.9 Å². The summed E-state index contributed by atoms with van der Waals surface area (Å²) in [5, 5.41) is 12.8. The van der Waals surface area contributed by atoms with Crippen LogP contribution in [0.1, 0.15) is 59.1 Å². The Bertz CT molecular complexity index is 1130. The summed E-state index contributed by atoms with van der Waals surface area (Å²) >= 11 is 0. The van der Waals surface area contributed by atoms with Crippen LogP contribution in [-0.4, -0.2) is 29.2 Å². The molecular formula is C28H32N2O3. The topological polar surface area (TPSA) is 71.5 Å². The average Bonchev–Trinajstić information content (AvgIpc) is 2.94. The van der Waals surface area contributed by atoms with Gasteiger partial charge in [-0.05, 0) is 96.2 Å². The van der Waals surface area contributed by atoms with E-state index in [0.29, 0.717) is 6.61 Å². The highest BCUT2D eigenvalue weighted by Gasteiger charge is 2.24. The summed E-state index contributed by atoms with van der Waals surface area (Å²) in [6.07, 6.45) is 5.36. The molecule has 0 bridgehead atoms. The van der Waals surface area contributed by atoms with Gasteiger partial charge in [-0.15, -0.1) is 0 Å². The second-order valence-electron chi connectivity index (χ2n) is 8.84. The Morgan fingerprint density at radius 2 is 2.00 bits per heavy atom. The first kappa shape index (κ1) is 22.8. The van der Waals surface area contributed by atoms with Crippen molar-refractivity contribution in [1.82, 2.24) is 4.98 Å². The zero-order valence-electron chi connectivity index (χ0n) is 19.4. The number of nitrogens with one attached hydrogen (secondary N) is 1. The zero-order valence-corrected chi connectivity index (χ0v) is 19.4. The summed E-state index contributed by atoms with van der Waals surface area (Å²) < 4.78 is 6.04. The third kappa shape index (κ3) is 5.92. The highest BCUT2D eigenvalue weighted by atomic mass is 16.5. The number of aliphatic carboxylic acids is 1. The van der Waals surface area contributed by atoms with Crippen molar-refractivity contribution < 1.29 is 14.6 Å². The van der Waals surface area contributed by atoms with Crippen molar-refractivity contribution in [1.29, 1.82) is 0 Å². The molecule has 2 aromatic carbocycles. The van der Waals surface area contributed by atoms with Gasteiger partial charge in [-0.2, -0.15) is 0 Å². The van der Waals surface area contributed by atoms with Crippen LogP contribution in [0.3, 0.4) is 0 Å². The molecule has 2 N–H and O–H groups in total. The first-order chi connectivity index (χ1) is 16.0. The monoisotopic (exact) mass is 444 g/mol. The second kappa shape index (κ2) is 10.5. The lowest BCUT2D eigenvalue weighted by Crippen LogP contribution is -2.10. The van der Waals surface area contributed by atoms with E-state index < -0.39 is 5.97 Å². The fourth-order valence-electron chi connectivity index (χ4n) is 4.57. The number of benzene rings is 2. The van der Waals surface area contributed by atoms with Gasteiger partial charge in [0, 0.05) is 12.7 Å². The minimum Gasteiger partial charge on any atom is -0.494 e. The molecule has 172 valence electrons. The number of nitrogens with zero attached hydrogens (tertiary/aromatic N) is 1. The van der Waals surface area contributed by atoms with Crippen molar-refractivity contribution >= 4 is 11.8 Å². The van der Waals surface area contributed by atoms with Gasteiger partial charge in [0.15, 0.2) is 0 Å². The van der Waals surface area contributed by atoms with Crippen molar-refractivity contribution in [3.63, 3.8) is 0 Å². The van der Waals surface area contributed by atoms with Gasteiger partial charge in [-0.3, -0.25) is 4.79 Å². The van der Waals surface area contributed by atoms with Crippen molar-refractivity contribution in [2.75, 3.05) is 18.5 Å². The molecule has 33 heavy (non-hydrogen) atoms. The number of fused-ring (bicyclic) bond motifs is 2. The molecule has 5 nitrogen and oxygen atoms in total. The predicted molar refractivity (Wildman–Crippen MR) is 131 cm³/mol. The molecule has 4 rings (SSSR count). The van der Waals surface area contributed by atoms with E-state index in [-0.39, 0.29) is 12.3 Å². The average molecular weight is 445 g/mol. The van der Waals surface area contributed by atoms with E-state index in [0.717, 1.165) is 43.8 Å². The number of rotatable bonds is 9. The number of hydrogen-bond acceptors (Lipinski definition) is 4. The van der Waals surface area contributed by atoms with Crippen LogP contribution in [0.5, 0.6) is 5.75 Å².